The molecule has 0 atom stereocenters. The van der Waals surface area contributed by atoms with Crippen molar-refractivity contribution < 1.29 is 36.3 Å². The second-order valence-corrected chi connectivity index (χ2v) is 7.92. The molecule has 28 heavy (non-hydrogen) atoms. The molecule has 0 unspecified atom stereocenters. The van der Waals surface area contributed by atoms with Crippen molar-refractivity contribution in [2.75, 3.05) is 27.8 Å². The van der Waals surface area contributed by atoms with E-state index in [-0.39, 0.29) is 16.2 Å². The van der Waals surface area contributed by atoms with Crippen LogP contribution in [0.25, 0.3) is 0 Å². The van der Waals surface area contributed by atoms with Gasteiger partial charge in [0.25, 0.3) is 0 Å². The highest BCUT2D eigenvalue weighted by molar-refractivity contribution is 7.89. The molecule has 2 aromatic rings. The lowest BCUT2D eigenvalue weighted by atomic mass is 10.1. The summed E-state index contributed by atoms with van der Waals surface area (Å²) >= 11 is 0. The Kier molecular flexibility index (Phi) is 6.47. The molecule has 0 spiro atoms. The van der Waals surface area contributed by atoms with Crippen LogP contribution in [-0.2, 0) is 14.8 Å². The highest BCUT2D eigenvalue weighted by Gasteiger charge is 2.23. The number of ketones is 1. The average molecular weight is 413 g/mol. The number of esters is 1. The molecule has 0 saturated heterocycles. The lowest BCUT2D eigenvalue weighted by Crippen LogP contribution is -2.23. The molecule has 0 amide bonds. The first kappa shape index (κ1) is 21.5. The van der Waals surface area contributed by atoms with E-state index in [1.54, 1.807) is 0 Å². The number of sulfonamides is 1. The molecule has 0 aliphatic heterocycles. The minimum Gasteiger partial charge on any atom is -0.496 e. The number of rotatable bonds is 7. The van der Waals surface area contributed by atoms with E-state index in [0.717, 1.165) is 34.6 Å². The van der Waals surface area contributed by atoms with E-state index in [0.29, 0.717) is 0 Å². The van der Waals surface area contributed by atoms with Crippen LogP contribution < -0.4 is 4.74 Å². The second kappa shape index (κ2) is 8.44. The van der Waals surface area contributed by atoms with Crippen molar-refractivity contribution in [3.8, 4) is 5.75 Å². The van der Waals surface area contributed by atoms with Gasteiger partial charge in [-0.15, -0.1) is 0 Å². The topological polar surface area (TPSA) is 90.0 Å². The molecule has 0 N–H and O–H groups in total. The van der Waals surface area contributed by atoms with Crippen molar-refractivity contribution in [2.24, 2.45) is 0 Å². The Bertz CT molecular complexity index is 1020. The van der Waals surface area contributed by atoms with E-state index in [1.807, 2.05) is 0 Å². The summed E-state index contributed by atoms with van der Waals surface area (Å²) in [4.78, 5) is 24.0. The van der Waals surface area contributed by atoms with Crippen LogP contribution in [0.4, 0.5) is 8.78 Å². The first-order valence-electron chi connectivity index (χ1n) is 7.84. The molecule has 0 radical (unpaired) electrons. The highest BCUT2D eigenvalue weighted by Crippen LogP contribution is 2.21. The van der Waals surface area contributed by atoms with E-state index in [9.17, 15) is 26.8 Å². The van der Waals surface area contributed by atoms with Crippen molar-refractivity contribution in [2.45, 2.75) is 4.90 Å². The highest BCUT2D eigenvalue weighted by atomic mass is 32.2. The Morgan fingerprint density at radius 3 is 2.32 bits per heavy atom. The summed E-state index contributed by atoms with van der Waals surface area (Å²) in [6, 6.07) is 5.88. The van der Waals surface area contributed by atoms with Crippen LogP contribution in [0.5, 0.6) is 5.75 Å². The van der Waals surface area contributed by atoms with E-state index in [1.165, 1.54) is 27.3 Å². The Morgan fingerprint density at radius 1 is 1.04 bits per heavy atom. The first-order chi connectivity index (χ1) is 13.1. The van der Waals surface area contributed by atoms with Crippen molar-refractivity contribution in [3.05, 3.63) is 59.2 Å². The van der Waals surface area contributed by atoms with Crippen molar-refractivity contribution >= 4 is 21.8 Å². The fraction of sp³-hybridized carbons (Fsp3) is 0.222. The molecular weight excluding hydrogens is 396 g/mol. The zero-order valence-corrected chi connectivity index (χ0v) is 16.0. The minimum absolute atomic E-state index is 0.0766. The number of nitrogens with zero attached hydrogens (tertiary/aromatic N) is 1. The summed E-state index contributed by atoms with van der Waals surface area (Å²) in [5, 5.41) is 0. The summed E-state index contributed by atoms with van der Waals surface area (Å²) in [5.41, 5.74) is -0.804. The quantitative estimate of drug-likeness (QED) is 0.511. The van der Waals surface area contributed by atoms with E-state index in [2.05, 4.69) is 0 Å². The van der Waals surface area contributed by atoms with Gasteiger partial charge in [0.15, 0.2) is 6.61 Å². The lowest BCUT2D eigenvalue weighted by molar-refractivity contribution is 0.0469. The number of hydrogen-bond acceptors (Lipinski definition) is 6. The fourth-order valence-corrected chi connectivity index (χ4v) is 3.15. The molecule has 0 heterocycles. The van der Waals surface area contributed by atoms with E-state index in [4.69, 9.17) is 9.47 Å². The van der Waals surface area contributed by atoms with Gasteiger partial charge in [0.2, 0.25) is 15.8 Å². The van der Waals surface area contributed by atoms with Gasteiger partial charge >= 0.3 is 5.97 Å². The molecule has 150 valence electrons. The third-order valence-corrected chi connectivity index (χ3v) is 5.54. The molecule has 0 saturated carbocycles. The third-order valence-electron chi connectivity index (χ3n) is 3.73. The SMILES string of the molecule is COc1ccc(F)cc1C(=O)COC(=O)c1cc(S(=O)(=O)N(C)C)ccc1F. The molecule has 2 aromatic carbocycles. The van der Waals surface area contributed by atoms with E-state index >= 15 is 0 Å². The Labute approximate surface area is 160 Å². The Morgan fingerprint density at radius 2 is 1.71 bits per heavy atom. The maximum absolute atomic E-state index is 14.0. The smallest absolute Gasteiger partial charge is 0.341 e. The molecule has 2 rings (SSSR count). The molecule has 0 fully saturated rings. The van der Waals surface area contributed by atoms with Gasteiger partial charge in [0.05, 0.1) is 23.1 Å². The minimum atomic E-state index is -3.90. The standard InChI is InChI=1S/C18H17F2NO6S/c1-21(2)28(24,25)12-5-6-15(20)13(9-12)18(23)27-10-16(22)14-8-11(19)4-7-17(14)26-3/h4-9H,10H2,1-3H3. The Balaban J connectivity index is 2.22. The molecule has 0 bridgehead atoms. The van der Waals surface area contributed by atoms with Gasteiger partial charge in [-0.25, -0.2) is 26.3 Å². The predicted molar refractivity (Wildman–Crippen MR) is 94.8 cm³/mol. The second-order valence-electron chi connectivity index (χ2n) is 5.77. The molecular formula is C18H17F2NO6S. The number of Topliss-reactive ketones (excluding diaryl/α,β-unsaturated/α-hetero) is 1. The number of halogens is 2. The van der Waals surface area contributed by atoms with Gasteiger partial charge < -0.3 is 9.47 Å². The van der Waals surface area contributed by atoms with Gasteiger partial charge in [-0.3, -0.25) is 4.79 Å². The molecule has 7 nitrogen and oxygen atoms in total. The maximum atomic E-state index is 14.0. The lowest BCUT2D eigenvalue weighted by Gasteiger charge is -2.13. The van der Waals surface area contributed by atoms with Crippen molar-refractivity contribution in [1.29, 1.82) is 0 Å². The summed E-state index contributed by atoms with van der Waals surface area (Å²) in [7, 11) is -0.0651. The number of benzene rings is 2. The van der Waals surface area contributed by atoms with Crippen LogP contribution >= 0.6 is 0 Å². The van der Waals surface area contributed by atoms with Crippen LogP contribution in [0.2, 0.25) is 0 Å². The monoisotopic (exact) mass is 413 g/mol. The summed E-state index contributed by atoms with van der Waals surface area (Å²) in [6.45, 7) is -0.817. The summed E-state index contributed by atoms with van der Waals surface area (Å²) in [6.07, 6.45) is 0. The average Bonchev–Trinajstić information content (AvgIpc) is 2.65. The van der Waals surface area contributed by atoms with Crippen LogP contribution in [0.3, 0.4) is 0 Å². The van der Waals surface area contributed by atoms with Crippen LogP contribution in [0.1, 0.15) is 20.7 Å². The summed E-state index contributed by atoms with van der Waals surface area (Å²) < 4.78 is 62.2. The largest absolute Gasteiger partial charge is 0.496 e. The first-order valence-corrected chi connectivity index (χ1v) is 9.28. The zero-order valence-electron chi connectivity index (χ0n) is 15.2. The molecule has 0 aliphatic rings. The van der Waals surface area contributed by atoms with Crippen LogP contribution in [-0.4, -0.2) is 52.3 Å². The number of ether oxygens (including phenoxy) is 2. The van der Waals surface area contributed by atoms with Gasteiger partial charge in [-0.1, -0.05) is 0 Å². The summed E-state index contributed by atoms with van der Waals surface area (Å²) in [5.74, 6) is -3.64. The molecule has 10 heteroatoms. The molecule has 0 aromatic heterocycles. The number of hydrogen-bond donors (Lipinski definition) is 0. The third kappa shape index (κ3) is 4.52. The Hall–Kier alpha value is -2.85. The normalized spacial score (nSPS) is 11.4. The fourth-order valence-electron chi connectivity index (χ4n) is 2.22. The maximum Gasteiger partial charge on any atom is 0.341 e. The van der Waals surface area contributed by atoms with E-state index < -0.39 is 45.6 Å². The zero-order chi connectivity index (χ0) is 21.1. The van der Waals surface area contributed by atoms with Gasteiger partial charge in [0.1, 0.15) is 17.4 Å². The molecule has 0 aliphatic carbocycles. The van der Waals surface area contributed by atoms with Gasteiger partial charge in [-0.2, -0.15) is 0 Å². The van der Waals surface area contributed by atoms with Crippen LogP contribution in [0, 0.1) is 11.6 Å². The van der Waals surface area contributed by atoms with Gasteiger partial charge in [-0.05, 0) is 36.4 Å². The van der Waals surface area contributed by atoms with Crippen molar-refractivity contribution in [1.82, 2.24) is 4.31 Å². The van der Waals surface area contributed by atoms with Crippen molar-refractivity contribution in [3.63, 3.8) is 0 Å². The van der Waals surface area contributed by atoms with Crippen LogP contribution in [0.15, 0.2) is 41.3 Å². The van der Waals surface area contributed by atoms with Gasteiger partial charge in [0, 0.05) is 14.1 Å². The number of carbonyl (C=O) groups excluding carboxylic acids is 2. The predicted octanol–water partition coefficient (Wildman–Crippen LogP) is 2.26. The number of methoxy groups -OCH3 is 1. The number of carbonyl (C=O) groups is 2.